The number of aromatic hydroxyl groups is 1. The summed E-state index contributed by atoms with van der Waals surface area (Å²) < 4.78 is 0. The van der Waals surface area contributed by atoms with Crippen molar-refractivity contribution >= 4 is 0 Å². The molecule has 0 bridgehead atoms. The zero-order valence-electron chi connectivity index (χ0n) is 12.5. The van der Waals surface area contributed by atoms with Crippen molar-refractivity contribution < 1.29 is 10.2 Å². The van der Waals surface area contributed by atoms with E-state index in [2.05, 4.69) is 26.1 Å². The third kappa shape index (κ3) is 5.62. The molecule has 19 heavy (non-hydrogen) atoms. The van der Waals surface area contributed by atoms with Gasteiger partial charge in [0.25, 0.3) is 0 Å². The number of phenolic OH excluding ortho intramolecular Hbond substituents is 1. The molecule has 0 saturated heterocycles. The molecular formula is C16H27NO2. The lowest BCUT2D eigenvalue weighted by molar-refractivity contribution is 0.0357. The molecule has 1 rings (SSSR count). The van der Waals surface area contributed by atoms with Crippen molar-refractivity contribution in [3.05, 3.63) is 29.8 Å². The Morgan fingerprint density at radius 2 is 1.79 bits per heavy atom. The van der Waals surface area contributed by atoms with Crippen molar-refractivity contribution in [3.63, 3.8) is 0 Å². The van der Waals surface area contributed by atoms with Crippen molar-refractivity contribution in [1.29, 1.82) is 0 Å². The van der Waals surface area contributed by atoms with Crippen molar-refractivity contribution in [3.8, 4) is 5.75 Å². The molecule has 108 valence electrons. The second-order valence-electron chi connectivity index (χ2n) is 6.03. The first-order valence-corrected chi connectivity index (χ1v) is 7.08. The van der Waals surface area contributed by atoms with Crippen LogP contribution in [0.4, 0.5) is 0 Å². The van der Waals surface area contributed by atoms with Gasteiger partial charge < -0.3 is 15.5 Å². The van der Waals surface area contributed by atoms with Gasteiger partial charge in [0.1, 0.15) is 5.75 Å². The quantitative estimate of drug-likeness (QED) is 0.709. The second kappa shape index (κ2) is 6.92. The molecule has 3 N–H and O–H groups in total. The van der Waals surface area contributed by atoms with Crippen LogP contribution in [0.2, 0.25) is 0 Å². The van der Waals surface area contributed by atoms with E-state index in [-0.39, 0.29) is 11.8 Å². The fourth-order valence-electron chi connectivity index (χ4n) is 2.50. The first-order valence-electron chi connectivity index (χ1n) is 7.08. The first-order chi connectivity index (χ1) is 8.84. The van der Waals surface area contributed by atoms with Gasteiger partial charge in [0, 0.05) is 12.6 Å². The molecule has 1 aromatic carbocycles. The van der Waals surface area contributed by atoms with Crippen LogP contribution in [-0.4, -0.2) is 22.4 Å². The Balaban J connectivity index is 2.60. The van der Waals surface area contributed by atoms with Crippen LogP contribution in [0.15, 0.2) is 24.3 Å². The van der Waals surface area contributed by atoms with E-state index in [9.17, 15) is 10.2 Å². The molecule has 0 spiro atoms. The number of hydrogen-bond donors (Lipinski definition) is 3. The number of phenols is 1. The second-order valence-corrected chi connectivity index (χ2v) is 6.03. The summed E-state index contributed by atoms with van der Waals surface area (Å²) in [5.41, 5.74) is 0.457. The van der Waals surface area contributed by atoms with Gasteiger partial charge in [-0.15, -0.1) is 0 Å². The maximum atomic E-state index is 10.3. The minimum atomic E-state index is -0.682. The predicted molar refractivity (Wildman–Crippen MR) is 79.2 cm³/mol. The molecular weight excluding hydrogens is 238 g/mol. The molecule has 0 aromatic heterocycles. The fraction of sp³-hybridized carbons (Fsp3) is 0.625. The molecule has 2 atom stereocenters. The average Bonchev–Trinajstić information content (AvgIpc) is 2.30. The van der Waals surface area contributed by atoms with E-state index in [1.165, 1.54) is 0 Å². The molecule has 0 heterocycles. The third-order valence-electron chi connectivity index (χ3n) is 3.28. The topological polar surface area (TPSA) is 52.5 Å². The van der Waals surface area contributed by atoms with E-state index in [1.54, 1.807) is 12.1 Å². The van der Waals surface area contributed by atoms with Crippen molar-refractivity contribution in [1.82, 2.24) is 5.32 Å². The smallest absolute Gasteiger partial charge is 0.115 e. The SMILES string of the molecule is CCC(NCC(C)(O)CC(C)C)c1ccc(O)cc1. The highest BCUT2D eigenvalue weighted by atomic mass is 16.3. The van der Waals surface area contributed by atoms with E-state index < -0.39 is 5.60 Å². The predicted octanol–water partition coefficient (Wildman–Crippen LogP) is 3.23. The van der Waals surface area contributed by atoms with Crippen LogP contribution in [0, 0.1) is 5.92 Å². The first kappa shape index (κ1) is 16.0. The van der Waals surface area contributed by atoms with Gasteiger partial charge in [0.05, 0.1) is 5.60 Å². The molecule has 3 heteroatoms. The maximum Gasteiger partial charge on any atom is 0.115 e. The van der Waals surface area contributed by atoms with E-state index in [0.717, 1.165) is 18.4 Å². The van der Waals surface area contributed by atoms with Gasteiger partial charge in [-0.3, -0.25) is 0 Å². The summed E-state index contributed by atoms with van der Waals surface area (Å²) in [6.45, 7) is 8.80. The van der Waals surface area contributed by atoms with E-state index in [4.69, 9.17) is 0 Å². The Bertz CT molecular complexity index is 371. The lowest BCUT2D eigenvalue weighted by Gasteiger charge is -2.28. The summed E-state index contributed by atoms with van der Waals surface area (Å²) in [5, 5.41) is 23.0. The molecule has 0 aliphatic heterocycles. The standard InChI is InChI=1S/C16H27NO2/c1-5-15(13-6-8-14(18)9-7-13)17-11-16(4,19)10-12(2)3/h6-9,12,15,17-19H,5,10-11H2,1-4H3. The Morgan fingerprint density at radius 3 is 2.26 bits per heavy atom. The van der Waals surface area contributed by atoms with Crippen LogP contribution in [-0.2, 0) is 0 Å². The van der Waals surface area contributed by atoms with Crippen molar-refractivity contribution in [2.75, 3.05) is 6.54 Å². The monoisotopic (exact) mass is 265 g/mol. The maximum absolute atomic E-state index is 10.3. The minimum absolute atomic E-state index is 0.208. The number of rotatable bonds is 7. The Morgan fingerprint density at radius 1 is 1.21 bits per heavy atom. The van der Waals surface area contributed by atoms with Crippen molar-refractivity contribution in [2.24, 2.45) is 5.92 Å². The molecule has 0 amide bonds. The minimum Gasteiger partial charge on any atom is -0.508 e. The van der Waals surface area contributed by atoms with Gasteiger partial charge in [0.15, 0.2) is 0 Å². The Hall–Kier alpha value is -1.06. The van der Waals surface area contributed by atoms with Gasteiger partial charge in [-0.05, 0) is 43.4 Å². The van der Waals surface area contributed by atoms with Crippen LogP contribution >= 0.6 is 0 Å². The summed E-state index contributed by atoms with van der Waals surface area (Å²) in [7, 11) is 0. The largest absolute Gasteiger partial charge is 0.508 e. The fourth-order valence-corrected chi connectivity index (χ4v) is 2.50. The van der Waals surface area contributed by atoms with Crippen LogP contribution in [0.1, 0.15) is 52.1 Å². The lowest BCUT2D eigenvalue weighted by Crippen LogP contribution is -2.40. The van der Waals surface area contributed by atoms with Gasteiger partial charge >= 0.3 is 0 Å². The molecule has 0 aliphatic carbocycles. The molecule has 1 aromatic rings. The van der Waals surface area contributed by atoms with Crippen LogP contribution in [0.5, 0.6) is 5.75 Å². The lowest BCUT2D eigenvalue weighted by atomic mass is 9.93. The van der Waals surface area contributed by atoms with Crippen LogP contribution in [0.3, 0.4) is 0 Å². The van der Waals surface area contributed by atoms with Crippen LogP contribution < -0.4 is 5.32 Å². The summed E-state index contributed by atoms with van der Waals surface area (Å²) in [5.74, 6) is 0.760. The highest BCUT2D eigenvalue weighted by molar-refractivity contribution is 5.28. The van der Waals surface area contributed by atoms with Gasteiger partial charge in [-0.2, -0.15) is 0 Å². The Labute approximate surface area is 116 Å². The molecule has 0 fully saturated rings. The molecule has 0 radical (unpaired) electrons. The zero-order chi connectivity index (χ0) is 14.5. The summed E-state index contributed by atoms with van der Waals surface area (Å²) in [6, 6.07) is 7.46. The van der Waals surface area contributed by atoms with Crippen molar-refractivity contribution in [2.45, 2.75) is 52.2 Å². The number of aliphatic hydroxyl groups is 1. The van der Waals surface area contributed by atoms with Gasteiger partial charge in [-0.1, -0.05) is 32.9 Å². The normalized spacial score (nSPS) is 16.3. The zero-order valence-corrected chi connectivity index (χ0v) is 12.5. The summed E-state index contributed by atoms with van der Waals surface area (Å²) in [4.78, 5) is 0. The molecule has 2 unspecified atom stereocenters. The molecule has 0 saturated carbocycles. The van der Waals surface area contributed by atoms with E-state index >= 15 is 0 Å². The molecule has 3 nitrogen and oxygen atoms in total. The van der Waals surface area contributed by atoms with Gasteiger partial charge in [0.2, 0.25) is 0 Å². The Kier molecular flexibility index (Phi) is 5.83. The van der Waals surface area contributed by atoms with E-state index in [1.807, 2.05) is 19.1 Å². The number of benzene rings is 1. The molecule has 0 aliphatic rings. The average molecular weight is 265 g/mol. The summed E-state index contributed by atoms with van der Waals surface area (Å²) in [6.07, 6.45) is 1.73. The van der Waals surface area contributed by atoms with Gasteiger partial charge in [-0.25, -0.2) is 0 Å². The van der Waals surface area contributed by atoms with Crippen LogP contribution in [0.25, 0.3) is 0 Å². The highest BCUT2D eigenvalue weighted by Crippen LogP contribution is 2.21. The van der Waals surface area contributed by atoms with E-state index in [0.29, 0.717) is 12.5 Å². The number of nitrogens with one attached hydrogen (secondary N) is 1. The summed E-state index contributed by atoms with van der Waals surface area (Å²) >= 11 is 0. The third-order valence-corrected chi connectivity index (χ3v) is 3.28. The number of hydrogen-bond acceptors (Lipinski definition) is 3. The highest BCUT2D eigenvalue weighted by Gasteiger charge is 2.23.